The number of rotatable bonds is 0. The van der Waals surface area contributed by atoms with E-state index in [4.69, 9.17) is 0 Å². The molecule has 0 bridgehead atoms. The highest BCUT2D eigenvalue weighted by molar-refractivity contribution is 14.1. The van der Waals surface area contributed by atoms with Crippen LogP contribution in [0.3, 0.4) is 0 Å². The van der Waals surface area contributed by atoms with Gasteiger partial charge in [-0.25, -0.2) is 4.98 Å². The maximum absolute atomic E-state index is 4.29. The van der Waals surface area contributed by atoms with Crippen LogP contribution in [-0.2, 0) is 0 Å². The van der Waals surface area contributed by atoms with Crippen LogP contribution in [-0.4, -0.2) is 9.97 Å². The van der Waals surface area contributed by atoms with Crippen LogP contribution in [0.1, 0.15) is 0 Å². The summed E-state index contributed by atoms with van der Waals surface area (Å²) in [6.45, 7) is 0. The van der Waals surface area contributed by atoms with Crippen molar-refractivity contribution in [2.45, 2.75) is 4.90 Å². The SMILES string of the molecule is Sc1cc2nc[nH]c2cc1I. The van der Waals surface area contributed by atoms with Crippen LogP contribution in [0.2, 0.25) is 0 Å². The fourth-order valence-corrected chi connectivity index (χ4v) is 1.60. The van der Waals surface area contributed by atoms with Gasteiger partial charge in [0.25, 0.3) is 0 Å². The molecule has 2 nitrogen and oxygen atoms in total. The van der Waals surface area contributed by atoms with Gasteiger partial charge in [-0.3, -0.25) is 0 Å². The Morgan fingerprint density at radius 1 is 1.45 bits per heavy atom. The second-order valence-corrected chi connectivity index (χ2v) is 3.87. The van der Waals surface area contributed by atoms with Crippen LogP contribution < -0.4 is 0 Å². The number of benzene rings is 1. The Kier molecular flexibility index (Phi) is 1.80. The molecule has 0 fully saturated rings. The second kappa shape index (κ2) is 2.67. The molecule has 2 rings (SSSR count). The minimum atomic E-state index is 0.968. The lowest BCUT2D eigenvalue weighted by Gasteiger charge is -1.94. The molecule has 2 aromatic rings. The summed E-state index contributed by atoms with van der Waals surface area (Å²) in [5.41, 5.74) is 2.03. The first-order valence-electron chi connectivity index (χ1n) is 3.09. The van der Waals surface area contributed by atoms with E-state index in [1.807, 2.05) is 12.1 Å². The normalized spacial score (nSPS) is 10.7. The summed E-state index contributed by atoms with van der Waals surface area (Å²) in [5.74, 6) is 0. The lowest BCUT2D eigenvalue weighted by molar-refractivity contribution is 1.34. The molecule has 0 amide bonds. The number of hydrogen-bond donors (Lipinski definition) is 2. The molecule has 0 saturated heterocycles. The summed E-state index contributed by atoms with van der Waals surface area (Å²) in [6.07, 6.45) is 1.69. The molecule has 1 N–H and O–H groups in total. The molecule has 0 saturated carbocycles. The van der Waals surface area contributed by atoms with Crippen LogP contribution in [0.25, 0.3) is 11.0 Å². The Morgan fingerprint density at radius 2 is 2.27 bits per heavy atom. The molecule has 0 radical (unpaired) electrons. The number of nitrogens with zero attached hydrogens (tertiary/aromatic N) is 1. The lowest BCUT2D eigenvalue weighted by atomic mass is 10.3. The summed E-state index contributed by atoms with van der Waals surface area (Å²) < 4.78 is 1.14. The average Bonchev–Trinajstić information content (AvgIpc) is 2.36. The largest absolute Gasteiger partial charge is 0.345 e. The van der Waals surface area contributed by atoms with E-state index < -0.39 is 0 Å². The zero-order chi connectivity index (χ0) is 7.84. The minimum absolute atomic E-state index is 0.968. The number of thiol groups is 1. The van der Waals surface area contributed by atoms with Crippen molar-refractivity contribution in [2.24, 2.45) is 0 Å². The molecule has 11 heavy (non-hydrogen) atoms. The van der Waals surface area contributed by atoms with Crippen molar-refractivity contribution in [3.8, 4) is 0 Å². The van der Waals surface area contributed by atoms with Crippen molar-refractivity contribution < 1.29 is 0 Å². The zero-order valence-electron chi connectivity index (χ0n) is 5.50. The van der Waals surface area contributed by atoms with Crippen molar-refractivity contribution in [3.05, 3.63) is 22.0 Å². The monoisotopic (exact) mass is 276 g/mol. The number of hydrogen-bond acceptors (Lipinski definition) is 2. The third kappa shape index (κ3) is 1.24. The third-order valence-corrected chi connectivity index (χ3v) is 3.18. The summed E-state index contributed by atoms with van der Waals surface area (Å²) in [6, 6.07) is 3.99. The molecular weight excluding hydrogens is 271 g/mol. The average molecular weight is 276 g/mol. The van der Waals surface area contributed by atoms with Crippen LogP contribution in [0.5, 0.6) is 0 Å². The van der Waals surface area contributed by atoms with Gasteiger partial charge in [0.2, 0.25) is 0 Å². The van der Waals surface area contributed by atoms with E-state index in [9.17, 15) is 0 Å². The zero-order valence-corrected chi connectivity index (χ0v) is 8.56. The number of aromatic amines is 1. The first kappa shape index (κ1) is 7.42. The summed E-state index contributed by atoms with van der Waals surface area (Å²) in [5, 5.41) is 0. The molecule has 1 aromatic heterocycles. The van der Waals surface area contributed by atoms with Gasteiger partial charge in [0.1, 0.15) is 0 Å². The van der Waals surface area contributed by atoms with Crippen molar-refractivity contribution in [1.82, 2.24) is 9.97 Å². The molecule has 0 aliphatic rings. The van der Waals surface area contributed by atoms with Gasteiger partial charge in [-0.2, -0.15) is 0 Å². The first-order chi connectivity index (χ1) is 5.27. The van der Waals surface area contributed by atoms with Crippen molar-refractivity contribution in [1.29, 1.82) is 0 Å². The highest BCUT2D eigenvalue weighted by Gasteiger charge is 1.99. The first-order valence-corrected chi connectivity index (χ1v) is 4.61. The van der Waals surface area contributed by atoms with Gasteiger partial charge in [-0.15, -0.1) is 12.6 Å². The van der Waals surface area contributed by atoms with E-state index in [1.54, 1.807) is 6.33 Å². The van der Waals surface area contributed by atoms with Crippen molar-refractivity contribution in [2.75, 3.05) is 0 Å². The molecule has 0 unspecified atom stereocenters. The minimum Gasteiger partial charge on any atom is -0.345 e. The Labute approximate surface area is 83.0 Å². The van der Waals surface area contributed by atoms with Gasteiger partial charge < -0.3 is 4.98 Å². The van der Waals surface area contributed by atoms with E-state index in [1.165, 1.54) is 0 Å². The van der Waals surface area contributed by atoms with E-state index in [-0.39, 0.29) is 0 Å². The van der Waals surface area contributed by atoms with Gasteiger partial charge in [0.15, 0.2) is 0 Å². The topological polar surface area (TPSA) is 28.7 Å². The Hall–Kier alpha value is -0.230. The van der Waals surface area contributed by atoms with E-state index in [2.05, 4.69) is 45.2 Å². The number of imidazole rings is 1. The maximum atomic E-state index is 4.29. The summed E-state index contributed by atoms with van der Waals surface area (Å²) in [7, 11) is 0. The number of fused-ring (bicyclic) bond motifs is 1. The molecule has 0 aliphatic heterocycles. The quantitative estimate of drug-likeness (QED) is 0.561. The fourth-order valence-electron chi connectivity index (χ4n) is 0.945. The molecule has 4 heteroatoms. The smallest absolute Gasteiger partial charge is 0.0931 e. The molecule has 1 heterocycles. The molecule has 0 atom stereocenters. The van der Waals surface area contributed by atoms with Gasteiger partial charge in [-0.1, -0.05) is 0 Å². The number of nitrogens with one attached hydrogen (secondary N) is 1. The van der Waals surface area contributed by atoms with Gasteiger partial charge in [0, 0.05) is 8.47 Å². The lowest BCUT2D eigenvalue weighted by Crippen LogP contribution is -1.76. The fraction of sp³-hybridized carbons (Fsp3) is 0. The summed E-state index contributed by atoms with van der Waals surface area (Å²) >= 11 is 6.53. The number of H-pyrrole nitrogens is 1. The van der Waals surface area contributed by atoms with Crippen molar-refractivity contribution >= 4 is 46.3 Å². The molecular formula is C7H5IN2S. The van der Waals surface area contributed by atoms with Crippen LogP contribution in [0, 0.1) is 3.57 Å². The van der Waals surface area contributed by atoms with E-state index in [0.29, 0.717) is 0 Å². The Bertz CT molecular complexity index is 360. The van der Waals surface area contributed by atoms with Crippen LogP contribution >= 0.6 is 35.2 Å². The van der Waals surface area contributed by atoms with Crippen LogP contribution in [0.15, 0.2) is 23.4 Å². The van der Waals surface area contributed by atoms with Gasteiger partial charge in [-0.05, 0) is 34.7 Å². The van der Waals surface area contributed by atoms with Crippen molar-refractivity contribution in [3.63, 3.8) is 0 Å². The second-order valence-electron chi connectivity index (χ2n) is 2.22. The highest BCUT2D eigenvalue weighted by Crippen LogP contribution is 2.21. The Balaban J connectivity index is 2.86. The molecule has 0 spiro atoms. The predicted molar refractivity (Wildman–Crippen MR) is 56.1 cm³/mol. The molecule has 56 valence electrons. The van der Waals surface area contributed by atoms with E-state index >= 15 is 0 Å². The molecule has 0 aliphatic carbocycles. The van der Waals surface area contributed by atoms with Gasteiger partial charge >= 0.3 is 0 Å². The van der Waals surface area contributed by atoms with Gasteiger partial charge in [0.05, 0.1) is 17.4 Å². The third-order valence-electron chi connectivity index (χ3n) is 1.49. The Morgan fingerprint density at radius 3 is 3.09 bits per heavy atom. The van der Waals surface area contributed by atoms with Crippen LogP contribution in [0.4, 0.5) is 0 Å². The highest BCUT2D eigenvalue weighted by atomic mass is 127. The standard InChI is InChI=1S/C7H5IN2S/c8-4-1-5-6(2-7(4)11)10-3-9-5/h1-3,11H,(H,9,10). The molecule has 1 aromatic carbocycles. The number of halogens is 1. The maximum Gasteiger partial charge on any atom is 0.0931 e. The summed E-state index contributed by atoms with van der Waals surface area (Å²) in [4.78, 5) is 8.13. The number of aromatic nitrogens is 2. The van der Waals surface area contributed by atoms with E-state index in [0.717, 1.165) is 19.5 Å². The predicted octanol–water partition coefficient (Wildman–Crippen LogP) is 2.46.